The van der Waals surface area contributed by atoms with Gasteiger partial charge in [-0.2, -0.15) is 4.99 Å². The zero-order chi connectivity index (χ0) is 9.14. The fourth-order valence-electron chi connectivity index (χ4n) is 0.797. The van der Waals surface area contributed by atoms with Gasteiger partial charge in [0, 0.05) is 6.54 Å². The summed E-state index contributed by atoms with van der Waals surface area (Å²) in [7, 11) is 0. The van der Waals surface area contributed by atoms with Crippen molar-refractivity contribution in [2.24, 2.45) is 16.6 Å². The molecule has 0 fully saturated rings. The molecule has 1 aliphatic rings. The molecule has 1 rings (SSSR count). The van der Waals surface area contributed by atoms with Gasteiger partial charge in [-0.05, 0) is 0 Å². The summed E-state index contributed by atoms with van der Waals surface area (Å²) in [6.45, 7) is 2.31. The quantitative estimate of drug-likeness (QED) is 0.264. The molecule has 66 valence electrons. The lowest BCUT2D eigenvalue weighted by Crippen LogP contribution is -2.49. The van der Waals surface area contributed by atoms with Crippen molar-refractivity contribution in [1.29, 1.82) is 5.41 Å². The van der Waals surface area contributed by atoms with Crippen LogP contribution >= 0.6 is 0 Å². The van der Waals surface area contributed by atoms with E-state index in [1.54, 1.807) is 6.92 Å². The van der Waals surface area contributed by atoms with Gasteiger partial charge < -0.3 is 11.1 Å². The number of hydrogen-bond donors (Lipinski definition) is 4. The van der Waals surface area contributed by atoms with Crippen molar-refractivity contribution in [2.75, 3.05) is 6.54 Å². The molecule has 0 aromatic heterocycles. The molecule has 6 heteroatoms. The smallest absolute Gasteiger partial charge is 0.253 e. The van der Waals surface area contributed by atoms with Gasteiger partial charge in [0.05, 0.1) is 5.92 Å². The number of rotatable bonds is 0. The van der Waals surface area contributed by atoms with Crippen LogP contribution in [0, 0.1) is 11.3 Å². The predicted octanol–water partition coefficient (Wildman–Crippen LogP) is -1.41. The molecule has 1 amide bonds. The topological polar surface area (TPSA) is 103 Å². The van der Waals surface area contributed by atoms with Crippen LogP contribution in [0.1, 0.15) is 6.92 Å². The Balaban J connectivity index is 2.62. The third-order valence-corrected chi connectivity index (χ3v) is 1.47. The van der Waals surface area contributed by atoms with Crippen LogP contribution in [0.15, 0.2) is 4.99 Å². The average Bonchev–Trinajstić information content (AvgIpc) is 1.96. The molecule has 0 saturated heterocycles. The summed E-state index contributed by atoms with van der Waals surface area (Å²) in [4.78, 5) is 14.6. The first-order valence-corrected chi connectivity index (χ1v) is 3.57. The van der Waals surface area contributed by atoms with E-state index in [1.165, 1.54) is 0 Å². The maximum Gasteiger partial charge on any atom is 0.253 e. The van der Waals surface area contributed by atoms with E-state index in [-0.39, 0.29) is 23.7 Å². The molecule has 6 nitrogen and oxygen atoms in total. The SMILES string of the molecule is CC1CNC(NC(=N)N)=NC1=O. The van der Waals surface area contributed by atoms with E-state index in [9.17, 15) is 4.79 Å². The zero-order valence-corrected chi connectivity index (χ0v) is 6.72. The highest BCUT2D eigenvalue weighted by Crippen LogP contribution is 2.00. The van der Waals surface area contributed by atoms with Crippen molar-refractivity contribution >= 4 is 17.8 Å². The monoisotopic (exact) mass is 169 g/mol. The van der Waals surface area contributed by atoms with E-state index < -0.39 is 0 Å². The summed E-state index contributed by atoms with van der Waals surface area (Å²) in [6.07, 6.45) is 0. The van der Waals surface area contributed by atoms with Gasteiger partial charge in [0.2, 0.25) is 5.96 Å². The van der Waals surface area contributed by atoms with Crippen molar-refractivity contribution in [2.45, 2.75) is 6.92 Å². The Hall–Kier alpha value is -1.59. The molecule has 1 atom stereocenters. The van der Waals surface area contributed by atoms with Gasteiger partial charge in [-0.15, -0.1) is 0 Å². The third kappa shape index (κ3) is 1.94. The molecule has 1 aliphatic heterocycles. The summed E-state index contributed by atoms with van der Waals surface area (Å²) in [5, 5.41) is 12.1. The third-order valence-electron chi connectivity index (χ3n) is 1.47. The van der Waals surface area contributed by atoms with E-state index in [2.05, 4.69) is 15.6 Å². The van der Waals surface area contributed by atoms with E-state index in [4.69, 9.17) is 11.1 Å². The van der Waals surface area contributed by atoms with Crippen molar-refractivity contribution in [3.63, 3.8) is 0 Å². The van der Waals surface area contributed by atoms with Crippen LogP contribution in [0.2, 0.25) is 0 Å². The van der Waals surface area contributed by atoms with Crippen LogP contribution in [-0.4, -0.2) is 24.4 Å². The van der Waals surface area contributed by atoms with Crippen LogP contribution in [0.25, 0.3) is 0 Å². The van der Waals surface area contributed by atoms with E-state index in [0.717, 1.165) is 0 Å². The summed E-state index contributed by atoms with van der Waals surface area (Å²) >= 11 is 0. The maximum atomic E-state index is 11.0. The minimum atomic E-state index is -0.233. The number of carbonyl (C=O) groups is 1. The highest BCUT2D eigenvalue weighted by molar-refractivity contribution is 6.03. The van der Waals surface area contributed by atoms with Gasteiger partial charge in [-0.25, -0.2) is 0 Å². The molecule has 0 aromatic rings. The number of nitrogens with one attached hydrogen (secondary N) is 3. The number of aliphatic imine (C=N–C) groups is 1. The maximum absolute atomic E-state index is 11.0. The molecule has 1 heterocycles. The van der Waals surface area contributed by atoms with Crippen molar-refractivity contribution in [3.8, 4) is 0 Å². The van der Waals surface area contributed by atoms with Crippen LogP contribution in [0.4, 0.5) is 0 Å². The molecular formula is C6H11N5O. The van der Waals surface area contributed by atoms with Gasteiger partial charge in [0.25, 0.3) is 5.91 Å². The summed E-state index contributed by atoms with van der Waals surface area (Å²) in [5.41, 5.74) is 5.04. The highest BCUT2D eigenvalue weighted by Gasteiger charge is 2.18. The fraction of sp³-hybridized carbons (Fsp3) is 0.500. The predicted molar refractivity (Wildman–Crippen MR) is 44.7 cm³/mol. The van der Waals surface area contributed by atoms with Gasteiger partial charge in [-0.1, -0.05) is 6.92 Å². The summed E-state index contributed by atoms with van der Waals surface area (Å²) < 4.78 is 0. The number of amides is 1. The fourth-order valence-corrected chi connectivity index (χ4v) is 0.797. The van der Waals surface area contributed by atoms with Crippen LogP contribution in [0.3, 0.4) is 0 Å². The molecule has 0 aromatic carbocycles. The Bertz CT molecular complexity index is 246. The standard InChI is InChI=1S/C6H11N5O/c1-3-2-9-6(10-4(3)12)11-5(7)8/h3H,2H2,1H3,(H5,7,8,9,10,11,12). The number of nitrogens with zero attached hydrogens (tertiary/aromatic N) is 1. The summed E-state index contributed by atoms with van der Waals surface area (Å²) in [6, 6.07) is 0. The van der Waals surface area contributed by atoms with Gasteiger partial charge in [0.1, 0.15) is 0 Å². The Morgan fingerprint density at radius 2 is 2.58 bits per heavy atom. The van der Waals surface area contributed by atoms with Crippen LogP contribution in [0.5, 0.6) is 0 Å². The second-order valence-corrected chi connectivity index (χ2v) is 2.62. The number of carbonyl (C=O) groups excluding carboxylic acids is 1. The van der Waals surface area contributed by atoms with Gasteiger partial charge in [-0.3, -0.25) is 15.5 Å². The molecule has 0 spiro atoms. The largest absolute Gasteiger partial charge is 0.370 e. The molecular weight excluding hydrogens is 158 g/mol. The lowest BCUT2D eigenvalue weighted by atomic mass is 10.1. The molecule has 0 radical (unpaired) electrons. The second-order valence-electron chi connectivity index (χ2n) is 2.62. The Kier molecular flexibility index (Phi) is 2.27. The first kappa shape index (κ1) is 8.51. The highest BCUT2D eigenvalue weighted by atomic mass is 16.1. The lowest BCUT2D eigenvalue weighted by molar-refractivity contribution is -0.121. The first-order chi connectivity index (χ1) is 5.59. The van der Waals surface area contributed by atoms with E-state index >= 15 is 0 Å². The molecule has 5 N–H and O–H groups in total. The minimum absolute atomic E-state index is 0.109. The zero-order valence-electron chi connectivity index (χ0n) is 6.72. The van der Waals surface area contributed by atoms with Gasteiger partial charge in [0.15, 0.2) is 5.96 Å². The molecule has 0 bridgehead atoms. The lowest BCUT2D eigenvalue weighted by Gasteiger charge is -2.18. The van der Waals surface area contributed by atoms with Crippen LogP contribution in [-0.2, 0) is 4.79 Å². The molecule has 0 aliphatic carbocycles. The van der Waals surface area contributed by atoms with Gasteiger partial charge >= 0.3 is 0 Å². The molecule has 12 heavy (non-hydrogen) atoms. The van der Waals surface area contributed by atoms with Crippen LogP contribution < -0.4 is 16.4 Å². The summed E-state index contributed by atoms with van der Waals surface area (Å²) in [5.74, 6) is -0.283. The Morgan fingerprint density at radius 3 is 3.08 bits per heavy atom. The number of hydrogen-bond acceptors (Lipinski definition) is 3. The molecule has 0 saturated carbocycles. The number of nitrogens with two attached hydrogens (primary N) is 1. The minimum Gasteiger partial charge on any atom is -0.370 e. The Labute approximate surface area is 69.7 Å². The normalized spacial score (nSPS) is 22.6. The van der Waals surface area contributed by atoms with Crippen molar-refractivity contribution in [3.05, 3.63) is 0 Å². The Morgan fingerprint density at radius 1 is 1.92 bits per heavy atom. The van der Waals surface area contributed by atoms with E-state index in [0.29, 0.717) is 6.54 Å². The van der Waals surface area contributed by atoms with Crippen molar-refractivity contribution in [1.82, 2.24) is 10.6 Å². The average molecular weight is 169 g/mol. The number of guanidine groups is 2. The second kappa shape index (κ2) is 3.21. The van der Waals surface area contributed by atoms with E-state index in [1.807, 2.05) is 0 Å². The molecule has 1 unspecified atom stereocenters. The van der Waals surface area contributed by atoms with Crippen molar-refractivity contribution < 1.29 is 4.79 Å². The first-order valence-electron chi connectivity index (χ1n) is 3.57.